The average molecular weight is 334 g/mol. The number of nitriles is 1. The van der Waals surface area contributed by atoms with Crippen LogP contribution in [-0.2, 0) is 0 Å². The predicted octanol–water partition coefficient (Wildman–Crippen LogP) is 3.90. The third-order valence-corrected chi connectivity index (χ3v) is 5.53. The molecule has 3 rings (SSSR count). The molecule has 0 saturated carbocycles. The molecule has 21 heavy (non-hydrogen) atoms. The molecule has 3 aromatic rings. The molecule has 2 aromatic heterocycles. The van der Waals surface area contributed by atoms with Crippen molar-refractivity contribution in [3.63, 3.8) is 0 Å². The summed E-state index contributed by atoms with van der Waals surface area (Å²) in [4.78, 5) is 7.42. The molecule has 0 aliphatic heterocycles. The average Bonchev–Trinajstić information content (AvgIpc) is 3.05. The molecule has 0 aliphatic carbocycles. The quantitative estimate of drug-likeness (QED) is 0.527. The Morgan fingerprint density at radius 3 is 2.19 bits per heavy atom. The van der Waals surface area contributed by atoms with E-state index in [1.54, 1.807) is 12.3 Å². The number of aromatic nitrogens is 1. The van der Waals surface area contributed by atoms with Crippen molar-refractivity contribution in [1.82, 2.24) is 4.98 Å². The molecule has 0 radical (unpaired) electrons. The normalized spacial score (nSPS) is 9.81. The van der Waals surface area contributed by atoms with Crippen molar-refractivity contribution in [2.45, 2.75) is 0 Å². The standard InChI is InChI=1S/C17H9N3Se/c1-19-17-9-6-14(11-20-17)16-8-7-15(21-16)13-4-2-12(10-18)3-5-13/h2-9,11H. The molecule has 0 amide bonds. The Hall–Kier alpha value is -2.65. The second kappa shape index (κ2) is 5.77. The van der Waals surface area contributed by atoms with Gasteiger partial charge in [0.2, 0.25) is 0 Å². The second-order valence-corrected chi connectivity index (χ2v) is 6.64. The van der Waals surface area contributed by atoms with Crippen LogP contribution in [0.5, 0.6) is 0 Å². The Morgan fingerprint density at radius 2 is 1.62 bits per heavy atom. The summed E-state index contributed by atoms with van der Waals surface area (Å²) < 4.78 is 2.54. The van der Waals surface area contributed by atoms with E-state index in [0.717, 1.165) is 11.1 Å². The van der Waals surface area contributed by atoms with Gasteiger partial charge >= 0.3 is 128 Å². The third kappa shape index (κ3) is 2.78. The van der Waals surface area contributed by atoms with Gasteiger partial charge in [0.1, 0.15) is 0 Å². The first-order valence-corrected chi connectivity index (χ1v) is 7.96. The van der Waals surface area contributed by atoms with Crippen LogP contribution in [-0.4, -0.2) is 19.5 Å². The number of nitrogens with zero attached hydrogens (tertiary/aromatic N) is 3. The summed E-state index contributed by atoms with van der Waals surface area (Å²) in [6.07, 6.45) is 1.76. The van der Waals surface area contributed by atoms with Crippen molar-refractivity contribution in [2.75, 3.05) is 0 Å². The molecule has 0 saturated heterocycles. The summed E-state index contributed by atoms with van der Waals surface area (Å²) in [7, 11) is 0. The zero-order valence-corrected chi connectivity index (χ0v) is 12.7. The number of pyridine rings is 1. The van der Waals surface area contributed by atoms with Crippen LogP contribution >= 0.6 is 0 Å². The molecule has 3 nitrogen and oxygen atoms in total. The Bertz CT molecular complexity index is 775. The summed E-state index contributed by atoms with van der Waals surface area (Å²) in [5.74, 6) is 0.421. The first-order chi connectivity index (χ1) is 10.3. The van der Waals surface area contributed by atoms with E-state index < -0.39 is 0 Å². The fraction of sp³-hybridized carbons (Fsp3) is 0. The van der Waals surface area contributed by atoms with E-state index in [1.807, 2.05) is 30.3 Å². The van der Waals surface area contributed by atoms with Gasteiger partial charge < -0.3 is 0 Å². The summed E-state index contributed by atoms with van der Waals surface area (Å²) in [5.41, 5.74) is 2.91. The van der Waals surface area contributed by atoms with Crippen LogP contribution < -0.4 is 0 Å². The van der Waals surface area contributed by atoms with Crippen molar-refractivity contribution >= 4 is 20.3 Å². The van der Waals surface area contributed by atoms with Gasteiger partial charge in [-0.25, -0.2) is 0 Å². The van der Waals surface area contributed by atoms with E-state index in [2.05, 4.69) is 28.0 Å². The summed E-state index contributed by atoms with van der Waals surface area (Å²) in [6, 6.07) is 17.7. The Morgan fingerprint density at radius 1 is 0.952 bits per heavy atom. The van der Waals surface area contributed by atoms with E-state index in [1.165, 1.54) is 8.87 Å². The van der Waals surface area contributed by atoms with Gasteiger partial charge in [0.25, 0.3) is 0 Å². The van der Waals surface area contributed by atoms with Crippen LogP contribution in [0.1, 0.15) is 5.56 Å². The van der Waals surface area contributed by atoms with Gasteiger partial charge in [0, 0.05) is 0 Å². The first-order valence-electron chi connectivity index (χ1n) is 6.24. The molecule has 98 valence electrons. The van der Waals surface area contributed by atoms with Crippen molar-refractivity contribution < 1.29 is 0 Å². The first kappa shape index (κ1) is 13.3. The van der Waals surface area contributed by atoms with Crippen LogP contribution in [0.3, 0.4) is 0 Å². The van der Waals surface area contributed by atoms with E-state index in [4.69, 9.17) is 11.8 Å². The third-order valence-electron chi connectivity index (χ3n) is 3.05. The van der Waals surface area contributed by atoms with Crippen molar-refractivity contribution in [1.29, 1.82) is 5.26 Å². The van der Waals surface area contributed by atoms with Crippen molar-refractivity contribution in [2.24, 2.45) is 0 Å². The van der Waals surface area contributed by atoms with Crippen molar-refractivity contribution in [3.8, 4) is 26.1 Å². The number of hydrogen-bond acceptors (Lipinski definition) is 2. The monoisotopic (exact) mass is 335 g/mol. The molecule has 1 aromatic carbocycles. The van der Waals surface area contributed by atoms with Crippen LogP contribution in [0, 0.1) is 17.9 Å². The summed E-state index contributed by atoms with van der Waals surface area (Å²) in [6.45, 7) is 6.92. The molecule has 0 atom stereocenters. The molecular formula is C17H9N3Se. The van der Waals surface area contributed by atoms with Gasteiger partial charge in [-0.3, -0.25) is 0 Å². The topological polar surface area (TPSA) is 41.0 Å². The summed E-state index contributed by atoms with van der Waals surface area (Å²) in [5, 5.41) is 8.83. The predicted molar refractivity (Wildman–Crippen MR) is 83.0 cm³/mol. The zero-order valence-electron chi connectivity index (χ0n) is 10.9. The molecule has 0 aliphatic rings. The SMILES string of the molecule is [C-]#[N+]c1ccc(-c2ccc(-c3ccc(C#N)cc3)[se]2)cn1. The maximum atomic E-state index is 8.83. The molecule has 0 N–H and O–H groups in total. The Balaban J connectivity index is 1.92. The van der Waals surface area contributed by atoms with Gasteiger partial charge in [-0.2, -0.15) is 0 Å². The fourth-order valence-corrected chi connectivity index (χ4v) is 4.06. The number of rotatable bonds is 2. The van der Waals surface area contributed by atoms with E-state index in [9.17, 15) is 0 Å². The van der Waals surface area contributed by atoms with Crippen LogP contribution in [0.25, 0.3) is 24.8 Å². The molecule has 0 unspecified atom stereocenters. The van der Waals surface area contributed by atoms with Crippen LogP contribution in [0.2, 0.25) is 0 Å². The van der Waals surface area contributed by atoms with Gasteiger partial charge in [-0.05, 0) is 0 Å². The van der Waals surface area contributed by atoms with Gasteiger partial charge in [-0.15, -0.1) is 0 Å². The second-order valence-electron chi connectivity index (χ2n) is 4.37. The number of hydrogen-bond donors (Lipinski definition) is 0. The minimum absolute atomic E-state index is 0.218. The molecular weight excluding hydrogens is 325 g/mol. The number of benzene rings is 1. The Kier molecular flexibility index (Phi) is 3.67. The summed E-state index contributed by atoms with van der Waals surface area (Å²) >= 11 is 0.218. The molecule has 4 heteroatoms. The molecule has 0 bridgehead atoms. The van der Waals surface area contributed by atoms with Crippen molar-refractivity contribution in [3.05, 3.63) is 71.7 Å². The van der Waals surface area contributed by atoms with Crippen LogP contribution in [0.4, 0.5) is 5.82 Å². The van der Waals surface area contributed by atoms with E-state index in [0.29, 0.717) is 11.4 Å². The van der Waals surface area contributed by atoms with Crippen LogP contribution in [0.15, 0.2) is 54.7 Å². The van der Waals surface area contributed by atoms with Gasteiger partial charge in [0.15, 0.2) is 0 Å². The minimum atomic E-state index is 0.218. The molecule has 0 spiro atoms. The fourth-order valence-electron chi connectivity index (χ4n) is 1.96. The van der Waals surface area contributed by atoms with Gasteiger partial charge in [-0.1, -0.05) is 0 Å². The van der Waals surface area contributed by atoms with Gasteiger partial charge in [0.05, 0.1) is 0 Å². The zero-order chi connectivity index (χ0) is 14.7. The molecule has 0 fully saturated rings. The van der Waals surface area contributed by atoms with E-state index in [-0.39, 0.29) is 14.5 Å². The maximum absolute atomic E-state index is 8.83. The molecule has 2 heterocycles. The Labute approximate surface area is 128 Å². The van der Waals surface area contributed by atoms with E-state index >= 15 is 0 Å².